The number of ether oxygens (including phenoxy) is 2. The summed E-state index contributed by atoms with van der Waals surface area (Å²) in [6, 6.07) is 3.48. The van der Waals surface area contributed by atoms with Gasteiger partial charge < -0.3 is 14.8 Å². The molecular formula is C13H17N5O3. The van der Waals surface area contributed by atoms with Gasteiger partial charge in [-0.25, -0.2) is 0 Å². The summed E-state index contributed by atoms with van der Waals surface area (Å²) in [6.45, 7) is 1.58. The monoisotopic (exact) mass is 291 g/mol. The maximum absolute atomic E-state index is 12.1. The van der Waals surface area contributed by atoms with Crippen molar-refractivity contribution in [3.8, 4) is 5.88 Å². The van der Waals surface area contributed by atoms with Crippen LogP contribution in [0, 0.1) is 5.92 Å². The predicted octanol–water partition coefficient (Wildman–Crippen LogP) is 0.176. The van der Waals surface area contributed by atoms with Crippen LogP contribution in [0.3, 0.4) is 0 Å². The van der Waals surface area contributed by atoms with E-state index in [0.717, 1.165) is 12.8 Å². The molecule has 21 heavy (non-hydrogen) atoms. The fraction of sp³-hybridized carbons (Fsp3) is 0.538. The number of hydrogen-bond acceptors (Lipinski definition) is 6. The number of amides is 1. The van der Waals surface area contributed by atoms with Crippen LogP contribution in [-0.2, 0) is 16.1 Å². The minimum absolute atomic E-state index is 0.0143. The summed E-state index contributed by atoms with van der Waals surface area (Å²) in [5, 5.41) is 15.2. The Morgan fingerprint density at radius 2 is 2.24 bits per heavy atom. The number of hydrogen-bond donors (Lipinski definition) is 1. The summed E-state index contributed by atoms with van der Waals surface area (Å²) in [5.74, 6) is 1.09. The highest BCUT2D eigenvalue weighted by Gasteiger charge is 2.21. The zero-order chi connectivity index (χ0) is 14.7. The van der Waals surface area contributed by atoms with E-state index in [1.165, 1.54) is 0 Å². The van der Waals surface area contributed by atoms with Crippen LogP contribution in [0.25, 0.3) is 5.65 Å². The highest BCUT2D eigenvalue weighted by Crippen LogP contribution is 2.15. The summed E-state index contributed by atoms with van der Waals surface area (Å²) in [7, 11) is 1.55. The number of fused-ring (bicyclic) bond motifs is 1. The molecule has 2 aromatic heterocycles. The molecule has 3 rings (SSSR count). The van der Waals surface area contributed by atoms with E-state index in [0.29, 0.717) is 30.6 Å². The number of nitrogens with zero attached hydrogens (tertiary/aromatic N) is 4. The third kappa shape index (κ3) is 2.94. The van der Waals surface area contributed by atoms with Crippen LogP contribution in [0.4, 0.5) is 0 Å². The quantitative estimate of drug-likeness (QED) is 0.864. The van der Waals surface area contributed by atoms with Crippen molar-refractivity contribution in [1.29, 1.82) is 0 Å². The van der Waals surface area contributed by atoms with Crippen molar-refractivity contribution in [3.63, 3.8) is 0 Å². The highest BCUT2D eigenvalue weighted by atomic mass is 16.5. The van der Waals surface area contributed by atoms with E-state index < -0.39 is 0 Å². The molecule has 1 aliphatic heterocycles. The first-order valence-corrected chi connectivity index (χ1v) is 6.88. The first-order chi connectivity index (χ1) is 10.3. The second kappa shape index (κ2) is 6.04. The van der Waals surface area contributed by atoms with E-state index in [1.807, 2.05) is 0 Å². The van der Waals surface area contributed by atoms with Crippen LogP contribution in [0.2, 0.25) is 0 Å². The Kier molecular flexibility index (Phi) is 3.96. The zero-order valence-electron chi connectivity index (χ0n) is 11.8. The first-order valence-electron chi connectivity index (χ1n) is 6.88. The van der Waals surface area contributed by atoms with E-state index >= 15 is 0 Å². The van der Waals surface area contributed by atoms with Gasteiger partial charge in [0.2, 0.25) is 11.8 Å². The molecule has 8 heteroatoms. The third-order valence-corrected chi connectivity index (χ3v) is 3.52. The number of carbonyl (C=O) groups excluding carboxylic acids is 1. The predicted molar refractivity (Wildman–Crippen MR) is 72.7 cm³/mol. The third-order valence-electron chi connectivity index (χ3n) is 3.52. The smallest absolute Gasteiger partial charge is 0.231 e. The number of rotatable bonds is 4. The molecule has 1 fully saturated rings. The molecular weight excluding hydrogens is 274 g/mol. The average Bonchev–Trinajstić information content (AvgIpc) is 2.95. The highest BCUT2D eigenvalue weighted by molar-refractivity contribution is 5.78. The molecule has 0 radical (unpaired) electrons. The second-order valence-electron chi connectivity index (χ2n) is 4.87. The summed E-state index contributed by atoms with van der Waals surface area (Å²) in [4.78, 5) is 12.1. The van der Waals surface area contributed by atoms with Crippen molar-refractivity contribution >= 4 is 11.6 Å². The molecule has 0 unspecified atom stereocenters. The molecule has 8 nitrogen and oxygen atoms in total. The maximum atomic E-state index is 12.1. The lowest BCUT2D eigenvalue weighted by Gasteiger charge is -2.20. The van der Waals surface area contributed by atoms with Crippen LogP contribution < -0.4 is 10.1 Å². The minimum Gasteiger partial charge on any atom is -0.480 e. The maximum Gasteiger partial charge on any atom is 0.231 e. The van der Waals surface area contributed by atoms with Gasteiger partial charge in [0.1, 0.15) is 0 Å². The van der Waals surface area contributed by atoms with E-state index in [9.17, 15) is 4.79 Å². The van der Waals surface area contributed by atoms with Crippen LogP contribution in [0.15, 0.2) is 12.1 Å². The molecule has 2 aromatic rings. The molecule has 0 aliphatic carbocycles. The SMILES string of the molecule is COc1ccc2nnc(CNC(=O)C3CCOCC3)n2n1. The molecule has 0 bridgehead atoms. The van der Waals surface area contributed by atoms with Crippen LogP contribution in [-0.4, -0.2) is 46.0 Å². The molecule has 112 valence electrons. The number of aromatic nitrogens is 4. The normalized spacial score (nSPS) is 16.0. The van der Waals surface area contributed by atoms with Gasteiger partial charge in [-0.1, -0.05) is 0 Å². The fourth-order valence-corrected chi connectivity index (χ4v) is 2.31. The van der Waals surface area contributed by atoms with Crippen molar-refractivity contribution in [1.82, 2.24) is 25.1 Å². The van der Waals surface area contributed by atoms with Crippen molar-refractivity contribution in [3.05, 3.63) is 18.0 Å². The molecule has 0 saturated carbocycles. The van der Waals surface area contributed by atoms with Crippen LogP contribution in [0.1, 0.15) is 18.7 Å². The van der Waals surface area contributed by atoms with Gasteiger partial charge >= 0.3 is 0 Å². The molecule has 1 aliphatic rings. The van der Waals surface area contributed by atoms with Gasteiger partial charge in [0, 0.05) is 25.2 Å². The van der Waals surface area contributed by atoms with Crippen molar-refractivity contribution in [2.75, 3.05) is 20.3 Å². The topological polar surface area (TPSA) is 90.6 Å². The summed E-state index contributed by atoms with van der Waals surface area (Å²) in [6.07, 6.45) is 1.52. The molecule has 0 atom stereocenters. The molecule has 1 saturated heterocycles. The van der Waals surface area contributed by atoms with E-state index in [2.05, 4.69) is 20.6 Å². The van der Waals surface area contributed by atoms with Gasteiger partial charge in [0.15, 0.2) is 11.5 Å². The largest absolute Gasteiger partial charge is 0.480 e. The van der Waals surface area contributed by atoms with Crippen LogP contribution in [0.5, 0.6) is 5.88 Å². The molecule has 3 heterocycles. The Bertz CT molecular complexity index is 636. The van der Waals surface area contributed by atoms with Gasteiger partial charge in [-0.05, 0) is 18.9 Å². The Labute approximate surface area is 121 Å². The first kappa shape index (κ1) is 13.7. The summed E-state index contributed by atoms with van der Waals surface area (Å²) >= 11 is 0. The van der Waals surface area contributed by atoms with E-state index in [4.69, 9.17) is 9.47 Å². The Morgan fingerprint density at radius 3 is 3.00 bits per heavy atom. The van der Waals surface area contributed by atoms with Crippen LogP contribution >= 0.6 is 0 Å². The van der Waals surface area contributed by atoms with Gasteiger partial charge in [-0.3, -0.25) is 4.79 Å². The van der Waals surface area contributed by atoms with Gasteiger partial charge in [0.25, 0.3) is 0 Å². The van der Waals surface area contributed by atoms with Crippen molar-refractivity contribution in [2.24, 2.45) is 5.92 Å². The van der Waals surface area contributed by atoms with Gasteiger partial charge in [-0.2, -0.15) is 4.52 Å². The molecule has 0 aromatic carbocycles. The summed E-state index contributed by atoms with van der Waals surface area (Å²) < 4.78 is 11.9. The zero-order valence-corrected chi connectivity index (χ0v) is 11.8. The van der Waals surface area contributed by atoms with E-state index in [-0.39, 0.29) is 18.4 Å². The Morgan fingerprint density at radius 1 is 1.43 bits per heavy atom. The Hall–Kier alpha value is -2.22. The lowest BCUT2D eigenvalue weighted by Crippen LogP contribution is -2.34. The number of carbonyl (C=O) groups is 1. The Balaban J connectivity index is 1.68. The molecule has 1 N–H and O–H groups in total. The lowest BCUT2D eigenvalue weighted by molar-refractivity contribution is -0.128. The molecule has 0 spiro atoms. The van der Waals surface area contributed by atoms with Gasteiger partial charge in [-0.15, -0.1) is 15.3 Å². The van der Waals surface area contributed by atoms with Crippen molar-refractivity contribution < 1.29 is 14.3 Å². The molecule has 1 amide bonds. The average molecular weight is 291 g/mol. The fourth-order valence-electron chi connectivity index (χ4n) is 2.31. The standard InChI is InChI=1S/C13H17N5O3/c1-20-12-3-2-10-15-16-11(18(10)17-12)8-14-13(19)9-4-6-21-7-5-9/h2-3,9H,4-8H2,1H3,(H,14,19). The summed E-state index contributed by atoms with van der Waals surface area (Å²) in [5.41, 5.74) is 0.617. The van der Waals surface area contributed by atoms with E-state index in [1.54, 1.807) is 23.8 Å². The van der Waals surface area contributed by atoms with Gasteiger partial charge in [0.05, 0.1) is 13.7 Å². The lowest BCUT2D eigenvalue weighted by atomic mass is 9.99. The van der Waals surface area contributed by atoms with Crippen molar-refractivity contribution in [2.45, 2.75) is 19.4 Å². The second-order valence-corrected chi connectivity index (χ2v) is 4.87. The number of nitrogens with one attached hydrogen (secondary N) is 1. The number of methoxy groups -OCH3 is 1. The minimum atomic E-state index is 0.0143.